The maximum absolute atomic E-state index is 11.5. The Labute approximate surface area is 116 Å². The van der Waals surface area contributed by atoms with Crippen LogP contribution in [0.4, 0.5) is 0 Å². The van der Waals surface area contributed by atoms with Gasteiger partial charge >= 0.3 is 5.97 Å². The Morgan fingerprint density at radius 2 is 2.16 bits per heavy atom. The number of halogens is 1. The third-order valence-corrected chi connectivity index (χ3v) is 3.09. The van der Waals surface area contributed by atoms with Gasteiger partial charge in [0.1, 0.15) is 5.38 Å². The number of ether oxygens (including phenoxy) is 1. The summed E-state index contributed by atoms with van der Waals surface area (Å²) in [5.74, 6) is -0.680. The highest BCUT2D eigenvalue weighted by atomic mass is 35.5. The van der Waals surface area contributed by atoms with Crippen molar-refractivity contribution in [3.8, 4) is 6.07 Å². The van der Waals surface area contributed by atoms with Crippen LogP contribution < -0.4 is 0 Å². The van der Waals surface area contributed by atoms with Crippen molar-refractivity contribution in [3.63, 3.8) is 0 Å². The summed E-state index contributed by atoms with van der Waals surface area (Å²) >= 11 is 6.04. The monoisotopic (exact) mass is 279 g/mol. The molecule has 1 aromatic carbocycles. The van der Waals surface area contributed by atoms with Crippen molar-refractivity contribution in [2.45, 2.75) is 25.6 Å². The van der Waals surface area contributed by atoms with Gasteiger partial charge in [-0.15, -0.1) is 11.6 Å². The number of hydrogen-bond donors (Lipinski definition) is 0. The van der Waals surface area contributed by atoms with Crippen LogP contribution in [0.25, 0.3) is 0 Å². The van der Waals surface area contributed by atoms with Gasteiger partial charge in [-0.2, -0.15) is 5.26 Å². The molecule has 0 spiro atoms. The lowest BCUT2D eigenvalue weighted by Crippen LogP contribution is -2.13. The molecular formula is C14H14ClNO3. The Bertz CT molecular complexity index is 534. The predicted molar refractivity (Wildman–Crippen MR) is 70.8 cm³/mol. The highest BCUT2D eigenvalue weighted by Gasteiger charge is 2.22. The molecule has 0 aromatic heterocycles. The van der Waals surface area contributed by atoms with Crippen molar-refractivity contribution in [1.29, 1.82) is 5.26 Å². The van der Waals surface area contributed by atoms with Crippen molar-refractivity contribution in [2.24, 2.45) is 0 Å². The number of benzene rings is 1. The molecule has 0 saturated heterocycles. The summed E-state index contributed by atoms with van der Waals surface area (Å²) in [7, 11) is 0. The molecule has 19 heavy (non-hydrogen) atoms. The molecule has 1 atom stereocenters. The normalized spacial score (nSPS) is 11.5. The lowest BCUT2D eigenvalue weighted by atomic mass is 9.95. The summed E-state index contributed by atoms with van der Waals surface area (Å²) < 4.78 is 4.86. The zero-order chi connectivity index (χ0) is 14.4. The van der Waals surface area contributed by atoms with Crippen LogP contribution in [-0.2, 0) is 20.7 Å². The molecule has 100 valence electrons. The second-order valence-corrected chi connectivity index (χ2v) is 4.38. The van der Waals surface area contributed by atoms with E-state index in [0.717, 1.165) is 0 Å². The summed E-state index contributed by atoms with van der Waals surface area (Å²) in [6.45, 7) is 3.34. The fourth-order valence-corrected chi connectivity index (χ4v) is 1.99. The first kappa shape index (κ1) is 15.2. The number of esters is 1. The minimum absolute atomic E-state index is 0.00477. The Morgan fingerprint density at radius 3 is 2.68 bits per heavy atom. The van der Waals surface area contributed by atoms with Crippen LogP contribution in [-0.4, -0.2) is 18.4 Å². The molecule has 0 heterocycles. The molecule has 0 N–H and O–H groups in total. The molecule has 1 unspecified atom stereocenters. The number of Topliss-reactive ketones (excluding diaryl/α,β-unsaturated/α-hetero) is 1. The van der Waals surface area contributed by atoms with E-state index < -0.39 is 11.3 Å². The average molecular weight is 280 g/mol. The van der Waals surface area contributed by atoms with Crippen LogP contribution in [0.2, 0.25) is 0 Å². The predicted octanol–water partition coefficient (Wildman–Crippen LogP) is 2.53. The van der Waals surface area contributed by atoms with Crippen LogP contribution in [0, 0.1) is 11.3 Å². The first-order chi connectivity index (χ1) is 9.01. The number of carbonyl (C=O) groups excluding carboxylic acids is 2. The number of hydrogen-bond acceptors (Lipinski definition) is 4. The molecule has 0 radical (unpaired) electrons. The first-order valence-electron chi connectivity index (χ1n) is 5.83. The summed E-state index contributed by atoms with van der Waals surface area (Å²) in [5.41, 5.74) is 1.25. The van der Waals surface area contributed by atoms with E-state index >= 15 is 0 Å². The third-order valence-electron chi connectivity index (χ3n) is 2.57. The van der Waals surface area contributed by atoms with E-state index in [2.05, 4.69) is 0 Å². The first-order valence-corrected chi connectivity index (χ1v) is 6.26. The number of nitrogens with zero attached hydrogens (tertiary/aromatic N) is 1. The van der Waals surface area contributed by atoms with E-state index in [-0.39, 0.29) is 18.8 Å². The topological polar surface area (TPSA) is 67.2 Å². The van der Waals surface area contributed by atoms with E-state index in [1.54, 1.807) is 25.1 Å². The van der Waals surface area contributed by atoms with Gasteiger partial charge in [-0.3, -0.25) is 9.59 Å². The maximum Gasteiger partial charge on any atom is 0.310 e. The van der Waals surface area contributed by atoms with Crippen molar-refractivity contribution in [3.05, 3.63) is 34.9 Å². The molecule has 0 aliphatic rings. The largest absolute Gasteiger partial charge is 0.466 e. The van der Waals surface area contributed by atoms with E-state index in [4.69, 9.17) is 21.6 Å². The van der Waals surface area contributed by atoms with Gasteiger partial charge in [-0.05, 0) is 31.0 Å². The number of ketones is 1. The van der Waals surface area contributed by atoms with Crippen molar-refractivity contribution >= 4 is 23.4 Å². The Morgan fingerprint density at radius 1 is 1.47 bits per heavy atom. The fraction of sp³-hybridized carbons (Fsp3) is 0.357. The number of nitriles is 1. The Kier molecular flexibility index (Phi) is 5.53. The van der Waals surface area contributed by atoms with Gasteiger partial charge in [0.05, 0.1) is 24.7 Å². The van der Waals surface area contributed by atoms with Crippen LogP contribution in [0.3, 0.4) is 0 Å². The lowest BCUT2D eigenvalue weighted by molar-refractivity contribution is -0.142. The number of rotatable bonds is 5. The van der Waals surface area contributed by atoms with Crippen LogP contribution in [0.1, 0.15) is 35.9 Å². The highest BCUT2D eigenvalue weighted by molar-refractivity contribution is 6.31. The van der Waals surface area contributed by atoms with Crippen LogP contribution >= 0.6 is 11.6 Å². The highest BCUT2D eigenvalue weighted by Crippen LogP contribution is 2.29. The third kappa shape index (κ3) is 3.80. The molecule has 1 rings (SSSR count). The van der Waals surface area contributed by atoms with Gasteiger partial charge in [0.25, 0.3) is 0 Å². The fourth-order valence-electron chi connectivity index (χ4n) is 1.73. The quantitative estimate of drug-likeness (QED) is 0.613. The molecular weight excluding hydrogens is 266 g/mol. The minimum atomic E-state index is -0.930. The Hall–Kier alpha value is -1.86. The van der Waals surface area contributed by atoms with Gasteiger partial charge < -0.3 is 4.74 Å². The molecule has 5 heteroatoms. The van der Waals surface area contributed by atoms with Crippen molar-refractivity contribution in [2.75, 3.05) is 6.61 Å². The lowest BCUT2D eigenvalue weighted by Gasteiger charge is -2.14. The van der Waals surface area contributed by atoms with E-state index in [1.165, 1.54) is 6.92 Å². The molecule has 0 fully saturated rings. The van der Waals surface area contributed by atoms with E-state index in [1.807, 2.05) is 6.07 Å². The summed E-state index contributed by atoms with van der Waals surface area (Å²) in [4.78, 5) is 22.9. The molecule has 0 amide bonds. The van der Waals surface area contributed by atoms with Gasteiger partial charge in [0, 0.05) is 0 Å². The van der Waals surface area contributed by atoms with Crippen molar-refractivity contribution < 1.29 is 14.3 Å². The second kappa shape index (κ2) is 6.91. The molecule has 0 bridgehead atoms. The summed E-state index contributed by atoms with van der Waals surface area (Å²) in [6.07, 6.45) is -0.00477. The number of carbonyl (C=O) groups is 2. The van der Waals surface area contributed by atoms with Crippen molar-refractivity contribution in [1.82, 2.24) is 0 Å². The molecule has 0 aliphatic heterocycles. The van der Waals surface area contributed by atoms with E-state index in [0.29, 0.717) is 16.7 Å². The SMILES string of the molecule is CCOC(=O)Cc1cccc(C#N)c1C(Cl)C(C)=O. The zero-order valence-corrected chi connectivity index (χ0v) is 11.5. The molecule has 4 nitrogen and oxygen atoms in total. The zero-order valence-electron chi connectivity index (χ0n) is 10.8. The minimum Gasteiger partial charge on any atom is -0.466 e. The average Bonchev–Trinajstić information content (AvgIpc) is 2.37. The van der Waals surface area contributed by atoms with Gasteiger partial charge in [-0.1, -0.05) is 12.1 Å². The molecule has 0 saturated carbocycles. The Balaban J connectivity index is 3.21. The van der Waals surface area contributed by atoms with Gasteiger partial charge in [0.2, 0.25) is 0 Å². The molecule has 0 aliphatic carbocycles. The number of alkyl halides is 1. The summed E-state index contributed by atoms with van der Waals surface area (Å²) in [6, 6.07) is 6.89. The molecule has 1 aromatic rings. The maximum atomic E-state index is 11.5. The van der Waals surface area contributed by atoms with Gasteiger partial charge in [0.15, 0.2) is 5.78 Å². The smallest absolute Gasteiger partial charge is 0.310 e. The standard InChI is InChI=1S/C14H14ClNO3/c1-3-19-12(18)7-10-5-4-6-11(8-16)13(10)14(15)9(2)17/h4-6,14H,3,7H2,1-2H3. The summed E-state index contributed by atoms with van der Waals surface area (Å²) in [5, 5.41) is 8.14. The second-order valence-electron chi connectivity index (χ2n) is 3.95. The van der Waals surface area contributed by atoms with Gasteiger partial charge in [-0.25, -0.2) is 0 Å². The van der Waals surface area contributed by atoms with Crippen LogP contribution in [0.5, 0.6) is 0 Å². The van der Waals surface area contributed by atoms with E-state index in [9.17, 15) is 9.59 Å². The van der Waals surface area contributed by atoms with Crippen LogP contribution in [0.15, 0.2) is 18.2 Å².